The highest BCUT2D eigenvalue weighted by Gasteiger charge is 2.41. The molecule has 2 N–H and O–H groups in total. The van der Waals surface area contributed by atoms with Crippen molar-refractivity contribution >= 4 is 35.0 Å². The van der Waals surface area contributed by atoms with Crippen molar-refractivity contribution in [1.82, 2.24) is 9.88 Å². The molecule has 3 rings (SSSR count). The third kappa shape index (κ3) is 4.06. The molecule has 2 atom stereocenters. The van der Waals surface area contributed by atoms with Crippen molar-refractivity contribution in [1.29, 1.82) is 0 Å². The van der Waals surface area contributed by atoms with Crippen LogP contribution in [0, 0.1) is 17.6 Å². The Labute approximate surface area is 176 Å². The van der Waals surface area contributed by atoms with Crippen LogP contribution in [0.2, 0.25) is 10.0 Å². The molecule has 160 valence electrons. The number of halogens is 7. The summed E-state index contributed by atoms with van der Waals surface area (Å²) in [7, 11) is 0. The van der Waals surface area contributed by atoms with Gasteiger partial charge in [0.05, 0.1) is 17.0 Å². The van der Waals surface area contributed by atoms with E-state index >= 15 is 0 Å². The molecule has 0 bridgehead atoms. The second-order valence-electron chi connectivity index (χ2n) is 6.61. The van der Waals surface area contributed by atoms with E-state index in [0.717, 1.165) is 29.3 Å². The minimum absolute atomic E-state index is 0.0898. The lowest BCUT2D eigenvalue weighted by atomic mass is 9.97. The predicted octanol–water partition coefficient (Wildman–Crippen LogP) is 4.11. The number of primary amides is 1. The third-order valence-electron chi connectivity index (χ3n) is 4.68. The number of alkyl halides is 3. The van der Waals surface area contributed by atoms with Gasteiger partial charge in [-0.3, -0.25) is 9.59 Å². The molecule has 2 heterocycles. The van der Waals surface area contributed by atoms with Gasteiger partial charge in [0, 0.05) is 24.7 Å². The number of aromatic nitrogens is 1. The monoisotopic (exact) mass is 467 g/mol. The summed E-state index contributed by atoms with van der Waals surface area (Å²) in [5, 5.41) is -1.64. The van der Waals surface area contributed by atoms with E-state index in [-0.39, 0.29) is 24.1 Å². The Morgan fingerprint density at radius 3 is 2.47 bits per heavy atom. The van der Waals surface area contributed by atoms with Crippen LogP contribution in [0.25, 0.3) is 0 Å². The van der Waals surface area contributed by atoms with Crippen molar-refractivity contribution in [2.24, 2.45) is 11.7 Å². The maximum Gasteiger partial charge on any atom is 0.434 e. The van der Waals surface area contributed by atoms with Gasteiger partial charge in [-0.2, -0.15) is 13.2 Å². The fraction of sp³-hybridized carbons (Fsp3) is 0.278. The first-order valence-corrected chi connectivity index (χ1v) is 9.12. The normalized spacial score (nSPS) is 18.0. The molecule has 12 heteroatoms. The van der Waals surface area contributed by atoms with E-state index in [1.165, 1.54) is 0 Å². The summed E-state index contributed by atoms with van der Waals surface area (Å²) < 4.78 is 67.4. The SMILES string of the molecule is NC(=O)C1CC(=O)N([C@H](c2cnc(C(F)(F)F)c(Cl)c2)c2ccc(F)c(Cl)c2F)C1. The van der Waals surface area contributed by atoms with Gasteiger partial charge in [0.25, 0.3) is 0 Å². The summed E-state index contributed by atoms with van der Waals surface area (Å²) in [5.41, 5.74) is 3.48. The number of rotatable bonds is 4. The fourth-order valence-corrected chi connectivity index (χ4v) is 3.72. The number of hydrogen-bond acceptors (Lipinski definition) is 3. The average molecular weight is 468 g/mol. The Morgan fingerprint density at radius 1 is 1.27 bits per heavy atom. The number of carbonyl (C=O) groups excluding carboxylic acids is 2. The largest absolute Gasteiger partial charge is 0.434 e. The van der Waals surface area contributed by atoms with Crippen LogP contribution in [0.4, 0.5) is 22.0 Å². The second kappa shape index (κ2) is 7.99. The van der Waals surface area contributed by atoms with Crippen LogP contribution in [0.15, 0.2) is 24.4 Å². The van der Waals surface area contributed by atoms with Crippen molar-refractivity contribution < 1.29 is 31.5 Å². The van der Waals surface area contributed by atoms with E-state index in [1.54, 1.807) is 0 Å². The number of nitrogens with two attached hydrogens (primary N) is 1. The quantitative estimate of drug-likeness (QED) is 0.542. The summed E-state index contributed by atoms with van der Waals surface area (Å²) >= 11 is 11.4. The van der Waals surface area contributed by atoms with Gasteiger partial charge in [-0.05, 0) is 17.7 Å². The van der Waals surface area contributed by atoms with Crippen LogP contribution in [0.1, 0.15) is 29.3 Å². The molecule has 1 unspecified atom stereocenters. The van der Waals surface area contributed by atoms with Gasteiger partial charge < -0.3 is 10.6 Å². The van der Waals surface area contributed by atoms with Gasteiger partial charge in [-0.15, -0.1) is 0 Å². The smallest absolute Gasteiger partial charge is 0.369 e. The molecule has 30 heavy (non-hydrogen) atoms. The molecular weight excluding hydrogens is 456 g/mol. The maximum atomic E-state index is 14.8. The fourth-order valence-electron chi connectivity index (χ4n) is 3.26. The maximum absolute atomic E-state index is 14.8. The lowest BCUT2D eigenvalue weighted by molar-refractivity contribution is -0.141. The number of benzene rings is 1. The van der Waals surface area contributed by atoms with Gasteiger partial charge in [-0.25, -0.2) is 13.8 Å². The minimum atomic E-state index is -4.84. The summed E-state index contributed by atoms with van der Waals surface area (Å²) in [6, 6.07) is 1.35. The van der Waals surface area contributed by atoms with Crippen molar-refractivity contribution in [3.05, 3.63) is 62.9 Å². The molecule has 0 spiro atoms. The molecule has 5 nitrogen and oxygen atoms in total. The van der Waals surface area contributed by atoms with Gasteiger partial charge in [0.2, 0.25) is 11.8 Å². The molecule has 1 aliphatic heterocycles. The van der Waals surface area contributed by atoms with E-state index in [9.17, 15) is 31.5 Å². The number of likely N-dealkylation sites (tertiary alicyclic amines) is 1. The van der Waals surface area contributed by atoms with Crippen LogP contribution >= 0.6 is 23.2 Å². The number of nitrogens with zero attached hydrogens (tertiary/aromatic N) is 2. The van der Waals surface area contributed by atoms with E-state index in [0.29, 0.717) is 0 Å². The summed E-state index contributed by atoms with van der Waals surface area (Å²) in [6.07, 6.45) is -4.33. The molecule has 1 aromatic heterocycles. The first-order valence-electron chi connectivity index (χ1n) is 8.36. The predicted molar refractivity (Wildman–Crippen MR) is 96.5 cm³/mol. The van der Waals surface area contributed by atoms with Gasteiger partial charge in [0.1, 0.15) is 16.7 Å². The van der Waals surface area contributed by atoms with Crippen molar-refractivity contribution in [2.75, 3.05) is 6.54 Å². The molecule has 0 radical (unpaired) electrons. The topological polar surface area (TPSA) is 76.3 Å². The van der Waals surface area contributed by atoms with Gasteiger partial charge >= 0.3 is 6.18 Å². The molecule has 1 fully saturated rings. The zero-order valence-corrected chi connectivity index (χ0v) is 16.3. The summed E-state index contributed by atoms with van der Waals surface area (Å²) in [5.74, 6) is -4.56. The Hall–Kier alpha value is -2.46. The van der Waals surface area contributed by atoms with E-state index in [1.807, 2.05) is 0 Å². The average Bonchev–Trinajstić information content (AvgIpc) is 3.03. The van der Waals surface area contributed by atoms with Crippen molar-refractivity contribution in [3.63, 3.8) is 0 Å². The van der Waals surface area contributed by atoms with Crippen LogP contribution < -0.4 is 5.73 Å². The van der Waals surface area contributed by atoms with E-state index in [2.05, 4.69) is 4.98 Å². The van der Waals surface area contributed by atoms with Crippen LogP contribution in [0.5, 0.6) is 0 Å². The molecule has 2 aromatic rings. The lowest BCUT2D eigenvalue weighted by Gasteiger charge is -2.29. The van der Waals surface area contributed by atoms with Crippen molar-refractivity contribution in [2.45, 2.75) is 18.6 Å². The minimum Gasteiger partial charge on any atom is -0.369 e. The highest BCUT2D eigenvalue weighted by molar-refractivity contribution is 6.31. The zero-order valence-electron chi connectivity index (χ0n) is 14.8. The van der Waals surface area contributed by atoms with Gasteiger partial charge in [-0.1, -0.05) is 29.3 Å². The zero-order chi connectivity index (χ0) is 22.4. The second-order valence-corrected chi connectivity index (χ2v) is 7.40. The van der Waals surface area contributed by atoms with E-state index < -0.39 is 57.3 Å². The molecule has 1 aromatic carbocycles. The summed E-state index contributed by atoms with van der Waals surface area (Å²) in [6.45, 7) is -0.230. The van der Waals surface area contributed by atoms with Crippen molar-refractivity contribution in [3.8, 4) is 0 Å². The number of amides is 2. The molecule has 1 saturated heterocycles. The van der Waals surface area contributed by atoms with Crippen LogP contribution in [-0.2, 0) is 15.8 Å². The Kier molecular flexibility index (Phi) is 5.92. The van der Waals surface area contributed by atoms with Gasteiger partial charge in [0.15, 0.2) is 5.69 Å². The number of carbonyl (C=O) groups is 2. The highest BCUT2D eigenvalue weighted by Crippen LogP contribution is 2.40. The summed E-state index contributed by atoms with van der Waals surface area (Å²) in [4.78, 5) is 28.4. The number of hydrogen-bond donors (Lipinski definition) is 1. The molecule has 2 amide bonds. The lowest BCUT2D eigenvalue weighted by Crippen LogP contribution is -2.33. The first kappa shape index (κ1) is 22.2. The standard InChI is InChI=1S/C18H12Cl2F5N3O2/c19-10-3-7(5-27-16(10)18(23,24)25)15(9-1-2-11(21)13(20)14(9)22)28-6-8(17(26)30)4-12(28)29/h1-3,5,8,15H,4,6H2,(H2,26,30)/t8?,15-/m1/s1. The van der Waals surface area contributed by atoms with E-state index in [4.69, 9.17) is 28.9 Å². The third-order valence-corrected chi connectivity index (χ3v) is 5.31. The Morgan fingerprint density at radius 2 is 1.93 bits per heavy atom. The highest BCUT2D eigenvalue weighted by atomic mass is 35.5. The molecule has 0 saturated carbocycles. The Bertz CT molecular complexity index is 1030. The first-order chi connectivity index (χ1) is 13.9. The van der Waals surface area contributed by atoms with Crippen LogP contribution in [-0.4, -0.2) is 28.2 Å². The molecule has 0 aliphatic carbocycles. The Balaban J connectivity index is 2.17. The van der Waals surface area contributed by atoms with Crippen LogP contribution in [0.3, 0.4) is 0 Å². The molecule has 1 aliphatic rings. The molecular formula is C18H12Cl2F5N3O2. The number of pyridine rings is 1.